The van der Waals surface area contributed by atoms with Crippen LogP contribution >= 0.6 is 0 Å². The zero-order valence-electron chi connectivity index (χ0n) is 17.8. The van der Waals surface area contributed by atoms with Crippen LogP contribution in [0.1, 0.15) is 42.2 Å². The van der Waals surface area contributed by atoms with Crippen molar-refractivity contribution in [1.82, 2.24) is 0 Å². The molecule has 0 aliphatic heterocycles. The number of benzene rings is 2. The smallest absolute Gasteiger partial charge is 0.307 e. The largest absolute Gasteiger partial charge is 0.497 e. The SMILES string of the molecule is COCCOc1cc(OC)ccc1C1CCCC(c2ccc(OC)cc2)C1C(=O)O. The molecule has 3 unspecified atom stereocenters. The second-order valence-corrected chi connectivity index (χ2v) is 7.53. The predicted octanol–water partition coefficient (Wildman–Crippen LogP) is 4.48. The van der Waals surface area contributed by atoms with Crippen LogP contribution < -0.4 is 14.2 Å². The maximum Gasteiger partial charge on any atom is 0.307 e. The third-order valence-corrected chi connectivity index (χ3v) is 5.89. The van der Waals surface area contributed by atoms with Gasteiger partial charge in [-0.05, 0) is 48.1 Å². The minimum Gasteiger partial charge on any atom is -0.497 e. The number of hydrogen-bond acceptors (Lipinski definition) is 5. The lowest BCUT2D eigenvalue weighted by Crippen LogP contribution is -2.32. The lowest BCUT2D eigenvalue weighted by atomic mass is 9.67. The summed E-state index contributed by atoms with van der Waals surface area (Å²) in [4.78, 5) is 12.4. The summed E-state index contributed by atoms with van der Waals surface area (Å²) in [5, 5.41) is 10.2. The fraction of sp³-hybridized carbons (Fsp3) is 0.458. The van der Waals surface area contributed by atoms with E-state index in [-0.39, 0.29) is 11.8 Å². The molecule has 0 radical (unpaired) electrons. The second kappa shape index (κ2) is 10.3. The number of methoxy groups -OCH3 is 3. The standard InChI is InChI=1S/C24H30O6/c1-27-13-14-30-22-15-18(29-3)11-12-20(22)21-6-4-5-19(23(21)24(25)26)16-7-9-17(28-2)10-8-16/h7-12,15,19,21,23H,4-6,13-14H2,1-3H3,(H,25,26). The highest BCUT2D eigenvalue weighted by Gasteiger charge is 2.41. The third-order valence-electron chi connectivity index (χ3n) is 5.89. The molecular weight excluding hydrogens is 384 g/mol. The van der Waals surface area contributed by atoms with E-state index in [1.807, 2.05) is 42.5 Å². The van der Waals surface area contributed by atoms with Gasteiger partial charge in [-0.25, -0.2) is 0 Å². The Hall–Kier alpha value is -2.73. The van der Waals surface area contributed by atoms with Crippen molar-refractivity contribution in [2.45, 2.75) is 31.1 Å². The Balaban J connectivity index is 1.95. The Kier molecular flexibility index (Phi) is 7.57. The van der Waals surface area contributed by atoms with E-state index in [0.717, 1.165) is 36.1 Å². The van der Waals surface area contributed by atoms with Crippen molar-refractivity contribution in [1.29, 1.82) is 0 Å². The van der Waals surface area contributed by atoms with Crippen LogP contribution in [0.3, 0.4) is 0 Å². The molecule has 6 nitrogen and oxygen atoms in total. The van der Waals surface area contributed by atoms with E-state index < -0.39 is 11.9 Å². The van der Waals surface area contributed by atoms with E-state index in [4.69, 9.17) is 18.9 Å². The highest BCUT2D eigenvalue weighted by molar-refractivity contribution is 5.73. The number of carbonyl (C=O) groups is 1. The number of carboxylic acids is 1. The van der Waals surface area contributed by atoms with Crippen LogP contribution in [0.5, 0.6) is 17.2 Å². The number of ether oxygens (including phenoxy) is 4. The van der Waals surface area contributed by atoms with E-state index >= 15 is 0 Å². The van der Waals surface area contributed by atoms with Gasteiger partial charge in [-0.15, -0.1) is 0 Å². The van der Waals surface area contributed by atoms with Gasteiger partial charge in [-0.2, -0.15) is 0 Å². The lowest BCUT2D eigenvalue weighted by Gasteiger charge is -2.37. The van der Waals surface area contributed by atoms with Crippen molar-refractivity contribution >= 4 is 5.97 Å². The summed E-state index contributed by atoms with van der Waals surface area (Å²) in [5.41, 5.74) is 1.95. The Morgan fingerprint density at radius 3 is 2.23 bits per heavy atom. The van der Waals surface area contributed by atoms with Gasteiger partial charge in [0.25, 0.3) is 0 Å². The number of rotatable bonds is 9. The van der Waals surface area contributed by atoms with Crippen LogP contribution in [0, 0.1) is 5.92 Å². The zero-order valence-corrected chi connectivity index (χ0v) is 17.8. The Morgan fingerprint density at radius 1 is 0.933 bits per heavy atom. The Labute approximate surface area is 177 Å². The number of carboxylic acid groups (broad SMARTS) is 1. The first-order valence-corrected chi connectivity index (χ1v) is 10.3. The summed E-state index contributed by atoms with van der Waals surface area (Å²) in [5.74, 6) is 0.581. The molecule has 2 aromatic rings. The first-order valence-electron chi connectivity index (χ1n) is 10.3. The monoisotopic (exact) mass is 414 g/mol. The topological polar surface area (TPSA) is 74.2 Å². The molecule has 3 rings (SSSR count). The van der Waals surface area contributed by atoms with Crippen molar-refractivity contribution in [3.8, 4) is 17.2 Å². The molecule has 0 saturated heterocycles. The number of aliphatic carboxylic acids is 1. The van der Waals surface area contributed by atoms with Crippen LogP contribution in [0.25, 0.3) is 0 Å². The van der Waals surface area contributed by atoms with Gasteiger partial charge in [0.2, 0.25) is 0 Å². The highest BCUT2D eigenvalue weighted by Crippen LogP contribution is 2.49. The lowest BCUT2D eigenvalue weighted by molar-refractivity contribution is -0.144. The Morgan fingerprint density at radius 2 is 1.60 bits per heavy atom. The summed E-state index contributed by atoms with van der Waals surface area (Å²) in [6, 6.07) is 13.4. The maximum absolute atomic E-state index is 12.4. The highest BCUT2D eigenvalue weighted by atomic mass is 16.5. The van der Waals surface area contributed by atoms with Crippen molar-refractivity contribution in [3.05, 3.63) is 53.6 Å². The van der Waals surface area contributed by atoms with Crippen LogP contribution in [0.4, 0.5) is 0 Å². The van der Waals surface area contributed by atoms with E-state index in [9.17, 15) is 9.90 Å². The van der Waals surface area contributed by atoms with Gasteiger partial charge in [-0.1, -0.05) is 24.6 Å². The third kappa shape index (κ3) is 4.87. The quantitative estimate of drug-likeness (QED) is 0.610. The van der Waals surface area contributed by atoms with Crippen LogP contribution in [-0.2, 0) is 9.53 Å². The first-order chi connectivity index (χ1) is 14.6. The van der Waals surface area contributed by atoms with Crippen molar-refractivity contribution in [3.63, 3.8) is 0 Å². The molecule has 1 saturated carbocycles. The molecule has 0 bridgehead atoms. The van der Waals surface area contributed by atoms with Crippen molar-refractivity contribution < 1.29 is 28.8 Å². The average molecular weight is 414 g/mol. The van der Waals surface area contributed by atoms with Gasteiger partial charge in [-0.3, -0.25) is 4.79 Å². The molecule has 162 valence electrons. The molecular formula is C24H30O6. The molecule has 0 spiro atoms. The van der Waals surface area contributed by atoms with Gasteiger partial charge in [0.15, 0.2) is 0 Å². The van der Waals surface area contributed by atoms with E-state index in [1.165, 1.54) is 0 Å². The van der Waals surface area contributed by atoms with Gasteiger partial charge < -0.3 is 24.1 Å². The molecule has 2 aromatic carbocycles. The van der Waals surface area contributed by atoms with E-state index in [0.29, 0.717) is 24.7 Å². The van der Waals surface area contributed by atoms with Crippen molar-refractivity contribution in [2.75, 3.05) is 34.5 Å². The number of hydrogen-bond donors (Lipinski definition) is 1. The summed E-state index contributed by atoms with van der Waals surface area (Å²) < 4.78 is 21.7. The van der Waals surface area contributed by atoms with Gasteiger partial charge in [0.1, 0.15) is 23.9 Å². The normalized spacial score (nSPS) is 21.1. The first kappa shape index (κ1) is 22.0. The van der Waals surface area contributed by atoms with Gasteiger partial charge in [0.05, 0.1) is 26.7 Å². The summed E-state index contributed by atoms with van der Waals surface area (Å²) in [6.45, 7) is 0.848. The molecule has 6 heteroatoms. The maximum atomic E-state index is 12.4. The molecule has 0 heterocycles. The van der Waals surface area contributed by atoms with E-state index in [1.54, 1.807) is 21.3 Å². The fourth-order valence-electron chi connectivity index (χ4n) is 4.42. The molecule has 1 aliphatic carbocycles. The molecule has 30 heavy (non-hydrogen) atoms. The molecule has 0 amide bonds. The average Bonchev–Trinajstić information content (AvgIpc) is 2.78. The molecule has 1 aliphatic rings. The van der Waals surface area contributed by atoms with Gasteiger partial charge >= 0.3 is 5.97 Å². The molecule has 1 fully saturated rings. The van der Waals surface area contributed by atoms with Gasteiger partial charge in [0, 0.05) is 19.1 Å². The zero-order chi connectivity index (χ0) is 21.5. The second-order valence-electron chi connectivity index (χ2n) is 7.53. The molecule has 1 N–H and O–H groups in total. The van der Waals surface area contributed by atoms with Crippen LogP contribution in [0.2, 0.25) is 0 Å². The molecule has 3 atom stereocenters. The summed E-state index contributed by atoms with van der Waals surface area (Å²) in [6.07, 6.45) is 2.60. The summed E-state index contributed by atoms with van der Waals surface area (Å²) >= 11 is 0. The summed E-state index contributed by atoms with van der Waals surface area (Å²) in [7, 11) is 4.85. The van der Waals surface area contributed by atoms with Crippen LogP contribution in [-0.4, -0.2) is 45.6 Å². The fourth-order valence-corrected chi connectivity index (χ4v) is 4.42. The van der Waals surface area contributed by atoms with E-state index in [2.05, 4.69) is 0 Å². The Bertz CT molecular complexity index is 832. The minimum absolute atomic E-state index is 0.0684. The van der Waals surface area contributed by atoms with Crippen LogP contribution in [0.15, 0.2) is 42.5 Å². The minimum atomic E-state index is -0.779. The predicted molar refractivity (Wildman–Crippen MR) is 114 cm³/mol. The molecule has 0 aromatic heterocycles. The van der Waals surface area contributed by atoms with Crippen molar-refractivity contribution in [2.24, 2.45) is 5.92 Å².